The number of rotatable bonds is 9. The molecule has 0 fully saturated rings. The van der Waals surface area contributed by atoms with Crippen molar-refractivity contribution < 1.29 is 19.8 Å². The van der Waals surface area contributed by atoms with Gasteiger partial charge in [-0.2, -0.15) is 0 Å². The van der Waals surface area contributed by atoms with Crippen molar-refractivity contribution in [3.8, 4) is 0 Å². The van der Waals surface area contributed by atoms with Gasteiger partial charge < -0.3 is 10.2 Å². The molecule has 0 rings (SSSR count). The Morgan fingerprint density at radius 1 is 1.00 bits per heavy atom. The molecule has 0 saturated heterocycles. The second-order valence-electron chi connectivity index (χ2n) is 6.38. The molecule has 0 radical (unpaired) electrons. The van der Waals surface area contributed by atoms with Crippen LogP contribution in [-0.2, 0) is 9.59 Å². The van der Waals surface area contributed by atoms with Crippen LogP contribution in [0, 0.1) is 17.3 Å². The van der Waals surface area contributed by atoms with Gasteiger partial charge in [0.15, 0.2) is 5.92 Å². The molecule has 0 aliphatic heterocycles. The van der Waals surface area contributed by atoms with Gasteiger partial charge in [-0.3, -0.25) is 9.59 Å². The molecule has 0 saturated carbocycles. The predicted octanol–water partition coefficient (Wildman–Crippen LogP) is 2.88. The van der Waals surface area contributed by atoms with Crippen LogP contribution in [0.15, 0.2) is 0 Å². The van der Waals surface area contributed by atoms with Gasteiger partial charge in [0.05, 0.1) is 0 Å². The molecule has 5 heteroatoms. The van der Waals surface area contributed by atoms with Crippen LogP contribution >= 0.6 is 0 Å². The Bertz CT molecular complexity index is 283. The molecule has 0 aliphatic rings. The van der Waals surface area contributed by atoms with Crippen LogP contribution in [0.5, 0.6) is 0 Å². The normalized spacial score (nSPS) is 12.8. The van der Waals surface area contributed by atoms with E-state index in [1.807, 2.05) is 0 Å². The van der Waals surface area contributed by atoms with Crippen LogP contribution in [0.3, 0.4) is 0 Å². The fourth-order valence-electron chi connectivity index (χ4n) is 2.31. The van der Waals surface area contributed by atoms with Crippen LogP contribution < -0.4 is 0 Å². The van der Waals surface area contributed by atoms with Gasteiger partial charge in [-0.1, -0.05) is 53.4 Å². The summed E-state index contributed by atoms with van der Waals surface area (Å²) in [7, 11) is 0. The zero-order valence-electron chi connectivity index (χ0n) is 12.6. The Balaban J connectivity index is 0. The third-order valence-electron chi connectivity index (χ3n) is 3.75. The van der Waals surface area contributed by atoms with Gasteiger partial charge in [0.2, 0.25) is 0 Å². The topological polar surface area (TPSA) is 74.6 Å². The molecule has 0 bridgehead atoms. The van der Waals surface area contributed by atoms with Crippen molar-refractivity contribution in [2.45, 2.75) is 66.2 Å². The van der Waals surface area contributed by atoms with Crippen molar-refractivity contribution in [3.63, 3.8) is 0 Å². The average molecular weight is 412 g/mol. The molecular weight excluding hydrogens is 381 g/mol. The molecule has 0 aromatic carbocycles. The fourth-order valence-corrected chi connectivity index (χ4v) is 2.31. The summed E-state index contributed by atoms with van der Waals surface area (Å²) in [5.41, 5.74) is -0.0602. The number of carboxylic acid groups (broad SMARTS) is 2. The molecule has 0 amide bonds. The molecule has 0 aromatic rings. The van der Waals surface area contributed by atoms with Crippen LogP contribution in [0.4, 0.5) is 0 Å². The van der Waals surface area contributed by atoms with E-state index in [0.29, 0.717) is 0 Å². The first-order chi connectivity index (χ1) is 8.70. The first-order valence-corrected chi connectivity index (χ1v) is 7.15. The summed E-state index contributed by atoms with van der Waals surface area (Å²) < 4.78 is 0. The minimum atomic E-state index is -1.28. The van der Waals surface area contributed by atoms with Crippen molar-refractivity contribution in [3.05, 3.63) is 0 Å². The monoisotopic (exact) mass is 412 g/mol. The van der Waals surface area contributed by atoms with Crippen molar-refractivity contribution in [1.82, 2.24) is 0 Å². The summed E-state index contributed by atoms with van der Waals surface area (Å²) in [5, 5.41) is 18.0. The van der Waals surface area contributed by atoms with E-state index in [-0.39, 0.29) is 66.6 Å². The predicted molar refractivity (Wildman–Crippen MR) is 83.6 cm³/mol. The molecule has 0 spiro atoms. The van der Waals surface area contributed by atoms with E-state index in [1.54, 1.807) is 0 Å². The second-order valence-corrected chi connectivity index (χ2v) is 6.38. The number of hydrogen-bond donors (Lipinski definition) is 2. The number of unbranched alkanes of at least 4 members (excludes halogenated alkanes) is 3. The van der Waals surface area contributed by atoms with Crippen LogP contribution in [0.1, 0.15) is 66.2 Å². The number of hydrogen-bond acceptors (Lipinski definition) is 2. The summed E-state index contributed by atoms with van der Waals surface area (Å²) in [6.45, 7) is 8.31. The van der Waals surface area contributed by atoms with Crippen LogP contribution in [0.2, 0.25) is 0 Å². The van der Waals surface area contributed by atoms with E-state index >= 15 is 0 Å². The maximum absolute atomic E-state index is 11.0. The van der Waals surface area contributed by atoms with Crippen LogP contribution in [-0.4, -0.2) is 71.0 Å². The van der Waals surface area contributed by atoms with Gasteiger partial charge >= 0.3 is 60.8 Å². The van der Waals surface area contributed by atoms with Gasteiger partial charge in [0, 0.05) is 0 Å². The van der Waals surface area contributed by atoms with Gasteiger partial charge in [-0.05, 0) is 24.2 Å². The summed E-state index contributed by atoms with van der Waals surface area (Å²) in [5.74, 6) is -3.61. The number of carbonyl (C=O) groups is 2. The Morgan fingerprint density at radius 3 is 1.85 bits per heavy atom. The SMILES string of the molecule is CCCCCCC(CC(C(=O)O)C(=O)O)C(C)(C)C.[BaH2]. The van der Waals surface area contributed by atoms with Gasteiger partial charge in [-0.25, -0.2) is 0 Å². The molecule has 0 aromatic heterocycles. The third kappa shape index (κ3) is 9.45. The number of carboxylic acids is 2. The van der Waals surface area contributed by atoms with Crippen molar-refractivity contribution in [2.24, 2.45) is 17.3 Å². The quantitative estimate of drug-likeness (QED) is 0.347. The zero-order chi connectivity index (χ0) is 15.1. The van der Waals surface area contributed by atoms with Crippen molar-refractivity contribution in [1.29, 1.82) is 0 Å². The Hall–Kier alpha value is 0.511. The maximum atomic E-state index is 11.0. The second kappa shape index (κ2) is 11.1. The van der Waals surface area contributed by atoms with Gasteiger partial charge in [0.1, 0.15) is 0 Å². The summed E-state index contributed by atoms with van der Waals surface area (Å²) in [6.07, 6.45) is 5.64. The van der Waals surface area contributed by atoms with E-state index in [9.17, 15) is 9.59 Å². The van der Waals surface area contributed by atoms with E-state index in [0.717, 1.165) is 25.7 Å². The van der Waals surface area contributed by atoms with E-state index in [1.165, 1.54) is 6.42 Å². The number of aliphatic carboxylic acids is 2. The molecule has 4 nitrogen and oxygen atoms in total. The Labute approximate surface area is 162 Å². The summed E-state index contributed by atoms with van der Waals surface area (Å²) >= 11 is 0. The fraction of sp³-hybridized carbons (Fsp3) is 0.867. The molecular formula is C15H30BaO4. The van der Waals surface area contributed by atoms with Crippen molar-refractivity contribution >= 4 is 60.8 Å². The van der Waals surface area contributed by atoms with E-state index in [2.05, 4.69) is 27.7 Å². The van der Waals surface area contributed by atoms with E-state index < -0.39 is 17.9 Å². The molecule has 2 N–H and O–H groups in total. The Kier molecular flexibility index (Phi) is 12.7. The standard InChI is InChI=1S/C15H28O4.Ba.2H/c1-5-6-7-8-9-11(15(2,3)4)10-12(13(16)17)14(18)19;;;/h11-12H,5-10H2,1-4H3,(H,16,17)(H,18,19);;;. The van der Waals surface area contributed by atoms with Crippen molar-refractivity contribution in [2.75, 3.05) is 0 Å². The summed E-state index contributed by atoms with van der Waals surface area (Å²) in [6, 6.07) is 0. The van der Waals surface area contributed by atoms with Gasteiger partial charge in [-0.15, -0.1) is 0 Å². The first-order valence-electron chi connectivity index (χ1n) is 7.15. The molecule has 20 heavy (non-hydrogen) atoms. The zero-order valence-corrected chi connectivity index (χ0v) is 12.6. The molecule has 1 unspecified atom stereocenters. The van der Waals surface area contributed by atoms with Gasteiger partial charge in [0.25, 0.3) is 0 Å². The minimum absolute atomic E-state index is 0. The van der Waals surface area contributed by atoms with Crippen LogP contribution in [0.25, 0.3) is 0 Å². The Morgan fingerprint density at radius 2 is 1.50 bits per heavy atom. The average Bonchev–Trinajstić information content (AvgIpc) is 2.25. The van der Waals surface area contributed by atoms with E-state index in [4.69, 9.17) is 10.2 Å². The molecule has 0 heterocycles. The molecule has 1 atom stereocenters. The summed E-state index contributed by atoms with van der Waals surface area (Å²) in [4.78, 5) is 22.0. The molecule has 116 valence electrons. The first kappa shape index (κ1) is 22.8. The molecule has 0 aliphatic carbocycles. The third-order valence-corrected chi connectivity index (χ3v) is 3.75.